The largest absolute Gasteiger partial charge is 0.497 e. The summed E-state index contributed by atoms with van der Waals surface area (Å²) in [4.78, 5) is 12.0. The van der Waals surface area contributed by atoms with E-state index in [2.05, 4.69) is 21.2 Å². The average Bonchev–Trinajstić information content (AvgIpc) is 2.50. The van der Waals surface area contributed by atoms with E-state index in [1.807, 2.05) is 49.4 Å². The third-order valence-corrected chi connectivity index (χ3v) is 3.91. The Bertz CT molecular complexity index is 680. The summed E-state index contributed by atoms with van der Waals surface area (Å²) in [6.45, 7) is 1.95. The maximum absolute atomic E-state index is 12.0. The number of anilines is 1. The molecule has 0 aliphatic heterocycles. The van der Waals surface area contributed by atoms with Crippen molar-refractivity contribution < 1.29 is 9.53 Å². The van der Waals surface area contributed by atoms with E-state index in [4.69, 9.17) is 4.74 Å². The molecule has 0 aliphatic carbocycles. The van der Waals surface area contributed by atoms with Crippen molar-refractivity contribution in [1.29, 1.82) is 0 Å². The minimum atomic E-state index is -0.168. The van der Waals surface area contributed by atoms with Crippen molar-refractivity contribution in [2.24, 2.45) is 0 Å². The molecule has 0 saturated heterocycles. The van der Waals surface area contributed by atoms with Gasteiger partial charge in [0.05, 0.1) is 7.11 Å². The first-order valence-corrected chi connectivity index (χ1v) is 7.27. The molecule has 2 aromatic carbocycles. The van der Waals surface area contributed by atoms with E-state index >= 15 is 0 Å². The fourth-order valence-electron chi connectivity index (χ4n) is 1.83. The van der Waals surface area contributed by atoms with Gasteiger partial charge in [0.2, 0.25) is 5.91 Å². The molecule has 108 valence electrons. The number of benzene rings is 2. The SMILES string of the molecule is COc1cccc(/C=C/C(=O)Nc2cccc(Br)c2C)c1. The van der Waals surface area contributed by atoms with Crippen LogP contribution in [0.15, 0.2) is 53.0 Å². The lowest BCUT2D eigenvalue weighted by Crippen LogP contribution is -2.09. The molecule has 3 nitrogen and oxygen atoms in total. The van der Waals surface area contributed by atoms with Crippen molar-refractivity contribution in [2.75, 3.05) is 12.4 Å². The summed E-state index contributed by atoms with van der Waals surface area (Å²) >= 11 is 3.44. The second kappa shape index (κ2) is 7.09. The summed E-state index contributed by atoms with van der Waals surface area (Å²) in [7, 11) is 1.62. The lowest BCUT2D eigenvalue weighted by Gasteiger charge is -2.07. The third kappa shape index (κ3) is 4.20. The van der Waals surface area contributed by atoms with Gasteiger partial charge in [-0.25, -0.2) is 0 Å². The fourth-order valence-corrected chi connectivity index (χ4v) is 2.20. The minimum Gasteiger partial charge on any atom is -0.497 e. The topological polar surface area (TPSA) is 38.3 Å². The Hall–Kier alpha value is -2.07. The van der Waals surface area contributed by atoms with Crippen molar-refractivity contribution in [3.05, 3.63) is 64.1 Å². The van der Waals surface area contributed by atoms with E-state index < -0.39 is 0 Å². The Labute approximate surface area is 132 Å². The summed E-state index contributed by atoms with van der Waals surface area (Å²) in [5, 5.41) is 2.86. The predicted octanol–water partition coefficient (Wildman–Crippen LogP) is 4.42. The molecule has 2 aromatic rings. The first-order chi connectivity index (χ1) is 10.1. The molecule has 0 heterocycles. The summed E-state index contributed by atoms with van der Waals surface area (Å²) in [6, 6.07) is 13.2. The number of hydrogen-bond donors (Lipinski definition) is 1. The van der Waals surface area contributed by atoms with Gasteiger partial charge in [0, 0.05) is 16.2 Å². The summed E-state index contributed by atoms with van der Waals surface area (Å²) in [6.07, 6.45) is 3.26. The second-order valence-corrected chi connectivity index (χ2v) is 5.37. The van der Waals surface area contributed by atoms with Gasteiger partial charge in [0.1, 0.15) is 5.75 Å². The van der Waals surface area contributed by atoms with E-state index in [0.717, 1.165) is 27.0 Å². The van der Waals surface area contributed by atoms with E-state index in [-0.39, 0.29) is 5.91 Å². The zero-order chi connectivity index (χ0) is 15.2. The molecule has 0 saturated carbocycles. The standard InChI is InChI=1S/C17H16BrNO2/c1-12-15(18)7-4-8-16(12)19-17(20)10-9-13-5-3-6-14(11-13)21-2/h3-11H,1-2H3,(H,19,20)/b10-9+. The van der Waals surface area contributed by atoms with Crippen LogP contribution in [0.25, 0.3) is 6.08 Å². The van der Waals surface area contributed by atoms with Crippen LogP contribution in [-0.2, 0) is 4.79 Å². The zero-order valence-electron chi connectivity index (χ0n) is 11.9. The van der Waals surface area contributed by atoms with Gasteiger partial charge in [-0.1, -0.05) is 34.1 Å². The normalized spacial score (nSPS) is 10.6. The van der Waals surface area contributed by atoms with Crippen molar-refractivity contribution in [3.63, 3.8) is 0 Å². The van der Waals surface area contributed by atoms with Gasteiger partial charge in [-0.05, 0) is 48.4 Å². The van der Waals surface area contributed by atoms with Crippen molar-refractivity contribution >= 4 is 33.6 Å². The van der Waals surface area contributed by atoms with E-state index in [1.165, 1.54) is 6.08 Å². The van der Waals surface area contributed by atoms with E-state index in [0.29, 0.717) is 0 Å². The Morgan fingerprint density at radius 2 is 2.00 bits per heavy atom. The molecule has 0 fully saturated rings. The highest BCUT2D eigenvalue weighted by atomic mass is 79.9. The smallest absolute Gasteiger partial charge is 0.248 e. The van der Waals surface area contributed by atoms with Gasteiger partial charge in [0.25, 0.3) is 0 Å². The number of nitrogens with one attached hydrogen (secondary N) is 1. The van der Waals surface area contributed by atoms with Gasteiger partial charge in [-0.2, -0.15) is 0 Å². The average molecular weight is 346 g/mol. The van der Waals surface area contributed by atoms with Crippen LogP contribution in [0, 0.1) is 6.92 Å². The molecule has 0 atom stereocenters. The van der Waals surface area contributed by atoms with Gasteiger partial charge >= 0.3 is 0 Å². The molecule has 0 aromatic heterocycles. The Morgan fingerprint density at radius 1 is 1.24 bits per heavy atom. The van der Waals surface area contributed by atoms with Crippen molar-refractivity contribution in [2.45, 2.75) is 6.92 Å². The Balaban J connectivity index is 2.07. The maximum atomic E-state index is 12.0. The first-order valence-electron chi connectivity index (χ1n) is 6.48. The summed E-state index contributed by atoms with van der Waals surface area (Å²) < 4.78 is 6.12. The molecule has 0 aliphatic rings. The Morgan fingerprint density at radius 3 is 2.76 bits per heavy atom. The number of carbonyl (C=O) groups is 1. The predicted molar refractivity (Wildman–Crippen MR) is 89.5 cm³/mol. The molecule has 0 spiro atoms. The number of amides is 1. The maximum Gasteiger partial charge on any atom is 0.248 e. The number of rotatable bonds is 4. The highest BCUT2D eigenvalue weighted by Crippen LogP contribution is 2.23. The molecular weight excluding hydrogens is 330 g/mol. The van der Waals surface area contributed by atoms with Crippen molar-refractivity contribution in [1.82, 2.24) is 0 Å². The number of methoxy groups -OCH3 is 1. The van der Waals surface area contributed by atoms with Crippen LogP contribution in [0.4, 0.5) is 5.69 Å². The molecule has 2 rings (SSSR count). The number of ether oxygens (including phenoxy) is 1. The molecule has 1 amide bonds. The fraction of sp³-hybridized carbons (Fsp3) is 0.118. The molecule has 0 radical (unpaired) electrons. The number of carbonyl (C=O) groups excluding carboxylic acids is 1. The minimum absolute atomic E-state index is 0.168. The second-order valence-electron chi connectivity index (χ2n) is 4.51. The van der Waals surface area contributed by atoms with Crippen LogP contribution in [0.3, 0.4) is 0 Å². The Kier molecular flexibility index (Phi) is 5.17. The molecule has 0 unspecified atom stereocenters. The van der Waals surface area contributed by atoms with Gasteiger partial charge in [-0.3, -0.25) is 4.79 Å². The molecule has 0 bridgehead atoms. The summed E-state index contributed by atoms with van der Waals surface area (Å²) in [5.41, 5.74) is 2.71. The van der Waals surface area contributed by atoms with Gasteiger partial charge < -0.3 is 10.1 Å². The third-order valence-electron chi connectivity index (χ3n) is 3.05. The van der Waals surface area contributed by atoms with Crippen LogP contribution in [-0.4, -0.2) is 13.0 Å². The quantitative estimate of drug-likeness (QED) is 0.833. The van der Waals surface area contributed by atoms with Crippen LogP contribution >= 0.6 is 15.9 Å². The van der Waals surface area contributed by atoms with Crippen LogP contribution < -0.4 is 10.1 Å². The first kappa shape index (κ1) is 15.3. The zero-order valence-corrected chi connectivity index (χ0v) is 13.5. The molecule has 4 heteroatoms. The molecular formula is C17H16BrNO2. The monoisotopic (exact) mass is 345 g/mol. The highest BCUT2D eigenvalue weighted by molar-refractivity contribution is 9.10. The van der Waals surface area contributed by atoms with E-state index in [1.54, 1.807) is 13.2 Å². The van der Waals surface area contributed by atoms with Crippen molar-refractivity contribution in [3.8, 4) is 5.75 Å². The van der Waals surface area contributed by atoms with Crippen LogP contribution in [0.2, 0.25) is 0 Å². The lowest BCUT2D eigenvalue weighted by atomic mass is 10.2. The summed E-state index contributed by atoms with van der Waals surface area (Å²) in [5.74, 6) is 0.597. The highest BCUT2D eigenvalue weighted by Gasteiger charge is 2.03. The van der Waals surface area contributed by atoms with Gasteiger partial charge in [-0.15, -0.1) is 0 Å². The molecule has 21 heavy (non-hydrogen) atoms. The number of hydrogen-bond acceptors (Lipinski definition) is 2. The number of halogens is 1. The lowest BCUT2D eigenvalue weighted by molar-refractivity contribution is -0.111. The molecule has 1 N–H and O–H groups in total. The van der Waals surface area contributed by atoms with Crippen LogP contribution in [0.5, 0.6) is 5.75 Å². The van der Waals surface area contributed by atoms with E-state index in [9.17, 15) is 4.79 Å². The van der Waals surface area contributed by atoms with Gasteiger partial charge in [0.15, 0.2) is 0 Å². The van der Waals surface area contributed by atoms with Crippen LogP contribution in [0.1, 0.15) is 11.1 Å².